The third kappa shape index (κ3) is 2.15. The van der Waals surface area contributed by atoms with E-state index in [-0.39, 0.29) is 0 Å². The number of aromatic nitrogens is 1. The Kier molecular flexibility index (Phi) is 3.63. The van der Waals surface area contributed by atoms with Crippen LogP contribution in [-0.2, 0) is 0 Å². The van der Waals surface area contributed by atoms with Crippen molar-refractivity contribution < 1.29 is 9.47 Å². The molecule has 4 nitrogen and oxygen atoms in total. The Morgan fingerprint density at radius 2 is 1.90 bits per heavy atom. The van der Waals surface area contributed by atoms with Gasteiger partial charge in [-0.1, -0.05) is 0 Å². The molecule has 0 radical (unpaired) electrons. The highest BCUT2D eigenvalue weighted by Crippen LogP contribution is 2.44. The van der Waals surface area contributed by atoms with Gasteiger partial charge in [-0.05, 0) is 31.4 Å². The summed E-state index contributed by atoms with van der Waals surface area (Å²) in [5.41, 5.74) is 1.14. The van der Waals surface area contributed by atoms with Crippen LogP contribution < -0.4 is 14.4 Å². The lowest BCUT2D eigenvalue weighted by Crippen LogP contribution is -2.30. The number of hydrogen-bond acceptors (Lipinski definition) is 4. The number of benzene rings is 1. The summed E-state index contributed by atoms with van der Waals surface area (Å²) in [4.78, 5) is 6.63. The lowest BCUT2D eigenvalue weighted by molar-refractivity contribution is 0.355. The molecule has 0 atom stereocenters. The maximum absolute atomic E-state index is 5.64. The molecule has 0 aliphatic carbocycles. The fourth-order valence-electron chi connectivity index (χ4n) is 2.96. The van der Waals surface area contributed by atoms with Crippen LogP contribution in [0.25, 0.3) is 10.8 Å². The van der Waals surface area contributed by atoms with E-state index in [0.29, 0.717) is 0 Å². The summed E-state index contributed by atoms with van der Waals surface area (Å²) in [5.74, 6) is 1.60. The van der Waals surface area contributed by atoms with Crippen molar-refractivity contribution in [2.24, 2.45) is 0 Å². The predicted molar refractivity (Wildman–Crippen MR) is 80.9 cm³/mol. The van der Waals surface area contributed by atoms with Crippen LogP contribution >= 0.6 is 0 Å². The molecule has 1 aromatic heterocycles. The molecule has 0 spiro atoms. The van der Waals surface area contributed by atoms with Crippen molar-refractivity contribution in [3.05, 3.63) is 24.5 Å². The number of methoxy groups -OCH3 is 2. The molecule has 20 heavy (non-hydrogen) atoms. The van der Waals surface area contributed by atoms with Crippen LogP contribution in [0.3, 0.4) is 0 Å². The molecular weight excluding hydrogens is 252 g/mol. The first-order chi connectivity index (χ1) is 9.85. The van der Waals surface area contributed by atoms with E-state index in [1.807, 2.05) is 18.5 Å². The van der Waals surface area contributed by atoms with Gasteiger partial charge >= 0.3 is 0 Å². The van der Waals surface area contributed by atoms with E-state index in [4.69, 9.17) is 9.47 Å². The van der Waals surface area contributed by atoms with Gasteiger partial charge in [-0.25, -0.2) is 0 Å². The van der Waals surface area contributed by atoms with Crippen molar-refractivity contribution >= 4 is 16.5 Å². The minimum atomic E-state index is 0.772. The number of ether oxygens (including phenoxy) is 2. The number of anilines is 1. The number of fused-ring (bicyclic) bond motifs is 1. The average Bonchev–Trinajstić information content (AvgIpc) is 2.53. The fourth-order valence-corrected chi connectivity index (χ4v) is 2.96. The first-order valence-electron chi connectivity index (χ1n) is 7.09. The minimum absolute atomic E-state index is 0.772. The van der Waals surface area contributed by atoms with Crippen LogP contribution in [0, 0.1) is 0 Å². The molecule has 1 aliphatic heterocycles. The van der Waals surface area contributed by atoms with Gasteiger partial charge in [-0.15, -0.1) is 0 Å². The van der Waals surface area contributed by atoms with E-state index in [9.17, 15) is 0 Å². The van der Waals surface area contributed by atoms with Gasteiger partial charge in [0, 0.05) is 36.3 Å². The first-order valence-corrected chi connectivity index (χ1v) is 7.09. The second-order valence-electron chi connectivity index (χ2n) is 5.11. The topological polar surface area (TPSA) is 34.6 Å². The Morgan fingerprint density at radius 1 is 1.10 bits per heavy atom. The van der Waals surface area contributed by atoms with Gasteiger partial charge in [0.05, 0.1) is 19.9 Å². The molecule has 1 saturated heterocycles. The van der Waals surface area contributed by atoms with Crippen LogP contribution in [0.5, 0.6) is 11.5 Å². The molecule has 1 fully saturated rings. The monoisotopic (exact) mass is 272 g/mol. The van der Waals surface area contributed by atoms with Crippen LogP contribution in [0.4, 0.5) is 5.69 Å². The van der Waals surface area contributed by atoms with Gasteiger partial charge in [0.15, 0.2) is 11.5 Å². The highest BCUT2D eigenvalue weighted by molar-refractivity contribution is 5.99. The van der Waals surface area contributed by atoms with E-state index < -0.39 is 0 Å². The van der Waals surface area contributed by atoms with Gasteiger partial charge in [-0.2, -0.15) is 0 Å². The summed E-state index contributed by atoms with van der Waals surface area (Å²) in [6, 6.07) is 4.05. The molecule has 0 amide bonds. The van der Waals surface area contributed by atoms with Crippen molar-refractivity contribution in [2.45, 2.75) is 19.3 Å². The van der Waals surface area contributed by atoms with E-state index in [0.717, 1.165) is 35.7 Å². The van der Waals surface area contributed by atoms with Crippen LogP contribution in [-0.4, -0.2) is 32.3 Å². The van der Waals surface area contributed by atoms with Crippen LogP contribution in [0.15, 0.2) is 24.5 Å². The lowest BCUT2D eigenvalue weighted by Gasteiger charge is -2.31. The third-order valence-electron chi connectivity index (χ3n) is 3.93. The van der Waals surface area contributed by atoms with Crippen molar-refractivity contribution in [1.82, 2.24) is 4.98 Å². The van der Waals surface area contributed by atoms with Crippen molar-refractivity contribution in [3.63, 3.8) is 0 Å². The molecular formula is C16H20N2O2. The highest BCUT2D eigenvalue weighted by Gasteiger charge is 2.21. The second-order valence-corrected chi connectivity index (χ2v) is 5.11. The minimum Gasteiger partial charge on any atom is -0.493 e. The Morgan fingerprint density at radius 3 is 2.60 bits per heavy atom. The molecule has 2 aromatic rings. The number of nitrogens with zero attached hydrogens (tertiary/aromatic N) is 2. The van der Waals surface area contributed by atoms with Crippen molar-refractivity contribution in [3.8, 4) is 11.5 Å². The Labute approximate surface area is 119 Å². The number of rotatable bonds is 3. The fraction of sp³-hybridized carbons (Fsp3) is 0.438. The zero-order valence-electron chi connectivity index (χ0n) is 12.1. The maximum Gasteiger partial charge on any atom is 0.184 e. The lowest BCUT2D eigenvalue weighted by atomic mass is 10.0. The summed E-state index contributed by atoms with van der Waals surface area (Å²) < 4.78 is 11.1. The summed E-state index contributed by atoms with van der Waals surface area (Å²) in [7, 11) is 3.39. The molecule has 0 bridgehead atoms. The van der Waals surface area contributed by atoms with Gasteiger partial charge in [-0.3, -0.25) is 4.98 Å². The standard InChI is InChI=1S/C16H20N2O2/c1-19-14-10-12-11-17-7-6-13(12)15(16(14)20-2)18-8-4-3-5-9-18/h6-7,10-11H,3-5,8-9H2,1-2H3. The highest BCUT2D eigenvalue weighted by atomic mass is 16.5. The number of hydrogen-bond donors (Lipinski definition) is 0. The smallest absolute Gasteiger partial charge is 0.184 e. The van der Waals surface area contributed by atoms with E-state index in [1.54, 1.807) is 14.2 Å². The predicted octanol–water partition coefficient (Wildman–Crippen LogP) is 3.24. The molecule has 1 aliphatic rings. The molecule has 0 saturated carbocycles. The zero-order chi connectivity index (χ0) is 13.9. The summed E-state index contributed by atoms with van der Waals surface area (Å²) in [6.07, 6.45) is 7.48. The summed E-state index contributed by atoms with van der Waals surface area (Å²) in [5, 5.41) is 2.27. The molecule has 4 heteroatoms. The summed E-state index contributed by atoms with van der Waals surface area (Å²) in [6.45, 7) is 2.14. The number of pyridine rings is 1. The largest absolute Gasteiger partial charge is 0.493 e. The molecule has 3 rings (SSSR count). The third-order valence-corrected chi connectivity index (χ3v) is 3.93. The van der Waals surface area contributed by atoms with Gasteiger partial charge in [0.25, 0.3) is 0 Å². The average molecular weight is 272 g/mol. The molecule has 1 aromatic carbocycles. The molecule has 0 unspecified atom stereocenters. The zero-order valence-corrected chi connectivity index (χ0v) is 12.1. The van der Waals surface area contributed by atoms with Crippen LogP contribution in [0.1, 0.15) is 19.3 Å². The second kappa shape index (κ2) is 5.57. The first kappa shape index (κ1) is 13.0. The summed E-state index contributed by atoms with van der Waals surface area (Å²) >= 11 is 0. The van der Waals surface area contributed by atoms with E-state index >= 15 is 0 Å². The number of piperidine rings is 1. The molecule has 106 valence electrons. The van der Waals surface area contributed by atoms with E-state index in [1.165, 1.54) is 24.6 Å². The van der Waals surface area contributed by atoms with Gasteiger partial charge in [0.1, 0.15) is 0 Å². The molecule has 0 N–H and O–H groups in total. The SMILES string of the molecule is COc1cc2cnccc2c(N2CCCCC2)c1OC. The Balaban J connectivity index is 2.23. The molecule has 2 heterocycles. The van der Waals surface area contributed by atoms with Gasteiger partial charge in [0.2, 0.25) is 0 Å². The van der Waals surface area contributed by atoms with Gasteiger partial charge < -0.3 is 14.4 Å². The Bertz CT molecular complexity index is 607. The van der Waals surface area contributed by atoms with Crippen molar-refractivity contribution in [1.29, 1.82) is 0 Å². The normalized spacial score (nSPS) is 15.4. The van der Waals surface area contributed by atoms with E-state index in [2.05, 4.69) is 16.0 Å². The maximum atomic E-state index is 5.64. The Hall–Kier alpha value is -1.97. The quantitative estimate of drug-likeness (QED) is 0.859. The van der Waals surface area contributed by atoms with Crippen LogP contribution in [0.2, 0.25) is 0 Å². The van der Waals surface area contributed by atoms with Crippen molar-refractivity contribution in [2.75, 3.05) is 32.2 Å².